The summed E-state index contributed by atoms with van der Waals surface area (Å²) in [6, 6.07) is 5.92. The van der Waals surface area contributed by atoms with Crippen molar-refractivity contribution in [2.75, 3.05) is 26.7 Å². The lowest BCUT2D eigenvalue weighted by Crippen LogP contribution is -2.40. The lowest BCUT2D eigenvalue weighted by molar-refractivity contribution is -0.132. The second-order valence-electron chi connectivity index (χ2n) is 4.96. The summed E-state index contributed by atoms with van der Waals surface area (Å²) in [6.45, 7) is 4.61. The molecule has 7 heteroatoms. The lowest BCUT2D eigenvalue weighted by Gasteiger charge is -2.13. The number of nitrogens with zero attached hydrogens (tertiary/aromatic N) is 1. The summed E-state index contributed by atoms with van der Waals surface area (Å²) >= 11 is 0. The van der Waals surface area contributed by atoms with Crippen molar-refractivity contribution in [2.45, 2.75) is 26.4 Å². The molecule has 0 unspecified atom stereocenters. The smallest absolute Gasteiger partial charge is 0.390 e. The van der Waals surface area contributed by atoms with Gasteiger partial charge in [0, 0.05) is 13.6 Å². The molecule has 124 valence electrons. The van der Waals surface area contributed by atoms with Gasteiger partial charge in [0.1, 0.15) is 12.4 Å². The van der Waals surface area contributed by atoms with Crippen molar-refractivity contribution in [1.82, 2.24) is 10.6 Å². The zero-order valence-electron chi connectivity index (χ0n) is 13.0. The SMILES string of the molecule is CN=C(NCCOc1cc(C)cc(C)c1)NCCC(F)(F)F. The Morgan fingerprint density at radius 1 is 1.09 bits per heavy atom. The summed E-state index contributed by atoms with van der Waals surface area (Å²) in [5.41, 5.74) is 2.24. The Kier molecular flexibility index (Phi) is 7.01. The van der Waals surface area contributed by atoms with Gasteiger partial charge in [-0.15, -0.1) is 0 Å². The highest BCUT2D eigenvalue weighted by Gasteiger charge is 2.26. The highest BCUT2D eigenvalue weighted by molar-refractivity contribution is 5.79. The van der Waals surface area contributed by atoms with Crippen LogP contribution in [0.15, 0.2) is 23.2 Å². The molecule has 0 heterocycles. The van der Waals surface area contributed by atoms with Crippen LogP contribution in [0.2, 0.25) is 0 Å². The summed E-state index contributed by atoms with van der Waals surface area (Å²) in [6.07, 6.45) is -5.06. The number of aryl methyl sites for hydroxylation is 2. The topological polar surface area (TPSA) is 45.7 Å². The van der Waals surface area contributed by atoms with Gasteiger partial charge in [0.05, 0.1) is 13.0 Å². The zero-order valence-corrected chi connectivity index (χ0v) is 13.0. The van der Waals surface area contributed by atoms with Crippen LogP contribution < -0.4 is 15.4 Å². The second kappa shape index (κ2) is 8.51. The Morgan fingerprint density at radius 2 is 1.68 bits per heavy atom. The maximum absolute atomic E-state index is 12.0. The summed E-state index contributed by atoms with van der Waals surface area (Å²) in [5, 5.41) is 5.51. The molecular weight excluding hydrogens is 295 g/mol. The Labute approximate surface area is 128 Å². The van der Waals surface area contributed by atoms with Crippen LogP contribution >= 0.6 is 0 Å². The molecule has 0 atom stereocenters. The number of nitrogens with one attached hydrogen (secondary N) is 2. The van der Waals surface area contributed by atoms with Gasteiger partial charge in [-0.25, -0.2) is 0 Å². The highest BCUT2D eigenvalue weighted by Crippen LogP contribution is 2.18. The molecule has 2 N–H and O–H groups in total. The van der Waals surface area contributed by atoms with Gasteiger partial charge in [-0.3, -0.25) is 4.99 Å². The molecule has 0 spiro atoms. The van der Waals surface area contributed by atoms with E-state index >= 15 is 0 Å². The molecule has 0 aromatic heterocycles. The number of ether oxygens (including phenoxy) is 1. The van der Waals surface area contributed by atoms with Gasteiger partial charge in [0.25, 0.3) is 0 Å². The number of hydrogen-bond acceptors (Lipinski definition) is 2. The fourth-order valence-electron chi connectivity index (χ4n) is 1.90. The van der Waals surface area contributed by atoms with Crippen molar-refractivity contribution in [3.8, 4) is 5.75 Å². The van der Waals surface area contributed by atoms with Gasteiger partial charge in [0.2, 0.25) is 0 Å². The standard InChI is InChI=1S/C15H22F3N3O/c1-11-8-12(2)10-13(9-11)22-7-6-21-14(19-3)20-5-4-15(16,17)18/h8-10H,4-7H2,1-3H3,(H2,19,20,21). The van der Waals surface area contributed by atoms with Crippen molar-refractivity contribution in [3.63, 3.8) is 0 Å². The number of hydrogen-bond donors (Lipinski definition) is 2. The molecule has 0 amide bonds. The summed E-state index contributed by atoms with van der Waals surface area (Å²) in [7, 11) is 1.51. The van der Waals surface area contributed by atoms with Gasteiger partial charge in [-0.05, 0) is 37.1 Å². The maximum Gasteiger partial charge on any atom is 0.390 e. The molecule has 22 heavy (non-hydrogen) atoms. The first-order chi connectivity index (χ1) is 10.3. The number of guanidine groups is 1. The molecule has 0 saturated carbocycles. The minimum Gasteiger partial charge on any atom is -0.492 e. The molecular formula is C15H22F3N3O. The molecule has 0 saturated heterocycles. The number of alkyl halides is 3. The van der Waals surface area contributed by atoms with E-state index in [0.29, 0.717) is 19.1 Å². The van der Waals surface area contributed by atoms with Crippen LogP contribution in [0.1, 0.15) is 17.5 Å². The first-order valence-corrected chi connectivity index (χ1v) is 7.02. The lowest BCUT2D eigenvalue weighted by atomic mass is 10.1. The van der Waals surface area contributed by atoms with E-state index in [9.17, 15) is 13.2 Å². The molecule has 0 fully saturated rings. The fourth-order valence-corrected chi connectivity index (χ4v) is 1.90. The normalized spacial score (nSPS) is 12.2. The molecule has 0 aliphatic heterocycles. The minimum atomic E-state index is -4.17. The van der Waals surface area contributed by atoms with E-state index < -0.39 is 12.6 Å². The second-order valence-corrected chi connectivity index (χ2v) is 4.96. The van der Waals surface area contributed by atoms with Crippen molar-refractivity contribution in [3.05, 3.63) is 29.3 Å². The van der Waals surface area contributed by atoms with E-state index in [1.54, 1.807) is 0 Å². The quantitative estimate of drug-likeness (QED) is 0.482. The van der Waals surface area contributed by atoms with Crippen LogP contribution in [-0.2, 0) is 0 Å². The number of rotatable bonds is 6. The minimum absolute atomic E-state index is 0.207. The molecule has 4 nitrogen and oxygen atoms in total. The molecule has 1 aromatic carbocycles. The van der Waals surface area contributed by atoms with Crippen LogP contribution in [0.3, 0.4) is 0 Å². The van der Waals surface area contributed by atoms with Crippen molar-refractivity contribution < 1.29 is 17.9 Å². The molecule has 0 bridgehead atoms. The van der Waals surface area contributed by atoms with Crippen molar-refractivity contribution in [2.24, 2.45) is 4.99 Å². The van der Waals surface area contributed by atoms with Crippen LogP contribution in [0.5, 0.6) is 5.75 Å². The van der Waals surface area contributed by atoms with Gasteiger partial charge in [0.15, 0.2) is 5.96 Å². The number of aliphatic imine (C=N–C) groups is 1. The molecule has 1 aromatic rings. The molecule has 1 rings (SSSR count). The van der Waals surface area contributed by atoms with Gasteiger partial charge < -0.3 is 15.4 Å². The predicted molar refractivity (Wildman–Crippen MR) is 81.4 cm³/mol. The van der Waals surface area contributed by atoms with E-state index in [0.717, 1.165) is 16.9 Å². The van der Waals surface area contributed by atoms with Gasteiger partial charge in [-0.2, -0.15) is 13.2 Å². The molecule has 0 radical (unpaired) electrons. The summed E-state index contributed by atoms with van der Waals surface area (Å²) in [5.74, 6) is 1.10. The first kappa shape index (κ1) is 18.1. The number of benzene rings is 1. The van der Waals surface area contributed by atoms with E-state index in [2.05, 4.69) is 21.7 Å². The Balaban J connectivity index is 2.27. The zero-order chi connectivity index (χ0) is 16.6. The predicted octanol–water partition coefficient (Wildman–Crippen LogP) is 2.80. The largest absolute Gasteiger partial charge is 0.492 e. The third-order valence-corrected chi connectivity index (χ3v) is 2.78. The third-order valence-electron chi connectivity index (χ3n) is 2.78. The number of halogens is 3. The monoisotopic (exact) mass is 317 g/mol. The highest BCUT2D eigenvalue weighted by atomic mass is 19.4. The first-order valence-electron chi connectivity index (χ1n) is 7.02. The molecule has 0 aliphatic rings. The van der Waals surface area contributed by atoms with E-state index in [1.807, 2.05) is 26.0 Å². The van der Waals surface area contributed by atoms with Gasteiger partial charge >= 0.3 is 6.18 Å². The fraction of sp³-hybridized carbons (Fsp3) is 0.533. The van der Waals surface area contributed by atoms with Crippen LogP contribution in [-0.4, -0.2) is 38.9 Å². The third kappa shape index (κ3) is 7.75. The molecule has 0 aliphatic carbocycles. The van der Waals surface area contributed by atoms with Crippen LogP contribution in [0.4, 0.5) is 13.2 Å². The summed E-state index contributed by atoms with van der Waals surface area (Å²) < 4.78 is 41.7. The van der Waals surface area contributed by atoms with Crippen LogP contribution in [0.25, 0.3) is 0 Å². The Hall–Kier alpha value is -1.92. The van der Waals surface area contributed by atoms with Crippen molar-refractivity contribution >= 4 is 5.96 Å². The van der Waals surface area contributed by atoms with Crippen LogP contribution in [0, 0.1) is 13.8 Å². The average Bonchev–Trinajstić information content (AvgIpc) is 2.39. The van der Waals surface area contributed by atoms with E-state index in [-0.39, 0.29) is 6.54 Å². The van der Waals surface area contributed by atoms with Crippen molar-refractivity contribution in [1.29, 1.82) is 0 Å². The van der Waals surface area contributed by atoms with E-state index in [4.69, 9.17) is 4.74 Å². The average molecular weight is 317 g/mol. The van der Waals surface area contributed by atoms with Gasteiger partial charge in [-0.1, -0.05) is 6.07 Å². The van der Waals surface area contributed by atoms with E-state index in [1.165, 1.54) is 7.05 Å². The Bertz CT molecular complexity index is 481. The summed E-state index contributed by atoms with van der Waals surface area (Å²) in [4.78, 5) is 3.85. The maximum atomic E-state index is 12.0. The Morgan fingerprint density at radius 3 is 2.23 bits per heavy atom.